The smallest absolute Gasteiger partial charge is 0.154 e. The molecule has 1 aliphatic rings. The lowest BCUT2D eigenvalue weighted by Crippen LogP contribution is -2.30. The molecule has 60 valence electrons. The number of aliphatic hydroxyl groups is 1. The van der Waals surface area contributed by atoms with Crippen LogP contribution in [0.4, 0.5) is 0 Å². The van der Waals surface area contributed by atoms with Crippen LogP contribution >= 0.6 is 0 Å². The minimum Gasteiger partial charge on any atom is -0.375 e. The van der Waals surface area contributed by atoms with Crippen molar-refractivity contribution >= 4 is 0 Å². The second kappa shape index (κ2) is 3.06. The Morgan fingerprint density at radius 3 is 3.09 bits per heavy atom. The maximum absolute atomic E-state index is 9.68. The van der Waals surface area contributed by atoms with Gasteiger partial charge in [0.05, 0.1) is 6.07 Å². The number of nitriles is 1. The number of rotatable bonds is 2. The van der Waals surface area contributed by atoms with Gasteiger partial charge in [0, 0.05) is 5.92 Å². The van der Waals surface area contributed by atoms with Crippen molar-refractivity contribution in [1.29, 1.82) is 5.26 Å². The van der Waals surface area contributed by atoms with Crippen LogP contribution in [0, 0.1) is 17.2 Å². The molecule has 1 rings (SSSR count). The van der Waals surface area contributed by atoms with Crippen molar-refractivity contribution in [1.82, 2.24) is 0 Å². The van der Waals surface area contributed by atoms with E-state index in [4.69, 9.17) is 5.26 Å². The third-order valence-corrected chi connectivity index (χ3v) is 2.43. The Kier molecular flexibility index (Phi) is 2.31. The van der Waals surface area contributed by atoms with E-state index in [1.54, 1.807) is 6.08 Å². The molecular formula is C9H13NO. The zero-order valence-corrected chi connectivity index (χ0v) is 6.58. The molecule has 2 nitrogen and oxygen atoms in total. The van der Waals surface area contributed by atoms with Crippen LogP contribution in [0.25, 0.3) is 0 Å². The average Bonchev–Trinajstić information content (AvgIpc) is 2.35. The van der Waals surface area contributed by atoms with Gasteiger partial charge in [0.2, 0.25) is 0 Å². The predicted octanol–water partition coefficient (Wildman–Crippen LogP) is 1.62. The first-order chi connectivity index (χ1) is 5.23. The van der Waals surface area contributed by atoms with Gasteiger partial charge in [-0.3, -0.25) is 0 Å². The molecule has 0 aromatic heterocycles. The lowest BCUT2D eigenvalue weighted by atomic mass is 9.90. The van der Waals surface area contributed by atoms with Gasteiger partial charge in [-0.25, -0.2) is 0 Å². The Morgan fingerprint density at radius 2 is 2.55 bits per heavy atom. The molecular weight excluding hydrogens is 138 g/mol. The summed E-state index contributed by atoms with van der Waals surface area (Å²) >= 11 is 0. The fourth-order valence-electron chi connectivity index (χ4n) is 1.72. The van der Waals surface area contributed by atoms with Crippen LogP contribution in [0.5, 0.6) is 0 Å². The van der Waals surface area contributed by atoms with Crippen LogP contribution in [0.15, 0.2) is 12.7 Å². The van der Waals surface area contributed by atoms with Crippen LogP contribution in [-0.4, -0.2) is 10.7 Å². The third-order valence-electron chi connectivity index (χ3n) is 2.43. The van der Waals surface area contributed by atoms with Gasteiger partial charge in [-0.05, 0) is 25.7 Å². The first-order valence-electron chi connectivity index (χ1n) is 3.97. The largest absolute Gasteiger partial charge is 0.375 e. The maximum atomic E-state index is 9.68. The van der Waals surface area contributed by atoms with Crippen LogP contribution in [0.3, 0.4) is 0 Å². The summed E-state index contributed by atoms with van der Waals surface area (Å²) < 4.78 is 0. The number of hydrogen-bond donors (Lipinski definition) is 1. The molecule has 1 aliphatic carbocycles. The van der Waals surface area contributed by atoms with Crippen molar-refractivity contribution in [3.63, 3.8) is 0 Å². The van der Waals surface area contributed by atoms with Crippen LogP contribution < -0.4 is 0 Å². The standard InChI is InChI=1S/C9H13NO/c1-2-4-8-5-3-6-9(8,11)7-10/h2,8,11H,1,3-6H2/t8-,9+/m1/s1. The molecule has 2 atom stereocenters. The molecule has 0 spiro atoms. The molecule has 0 radical (unpaired) electrons. The summed E-state index contributed by atoms with van der Waals surface area (Å²) in [7, 11) is 0. The SMILES string of the molecule is C=CC[C@@H]1CCC[C@]1(O)C#N. The van der Waals surface area contributed by atoms with E-state index in [0.29, 0.717) is 6.42 Å². The Morgan fingerprint density at radius 1 is 1.82 bits per heavy atom. The molecule has 1 saturated carbocycles. The van der Waals surface area contributed by atoms with Crippen molar-refractivity contribution in [2.45, 2.75) is 31.3 Å². The van der Waals surface area contributed by atoms with Gasteiger partial charge in [-0.2, -0.15) is 5.26 Å². The molecule has 0 aromatic rings. The van der Waals surface area contributed by atoms with E-state index in [1.807, 2.05) is 6.07 Å². The minimum absolute atomic E-state index is 0.116. The molecule has 1 fully saturated rings. The number of allylic oxidation sites excluding steroid dienone is 1. The molecule has 0 saturated heterocycles. The second-order valence-corrected chi connectivity index (χ2v) is 3.15. The van der Waals surface area contributed by atoms with E-state index < -0.39 is 5.60 Å². The van der Waals surface area contributed by atoms with Gasteiger partial charge in [-0.1, -0.05) is 6.08 Å². The molecule has 0 aliphatic heterocycles. The highest BCUT2D eigenvalue weighted by Crippen LogP contribution is 2.37. The highest BCUT2D eigenvalue weighted by molar-refractivity contribution is 5.09. The van der Waals surface area contributed by atoms with Crippen molar-refractivity contribution in [3.8, 4) is 6.07 Å². The lowest BCUT2D eigenvalue weighted by Gasteiger charge is -2.20. The monoisotopic (exact) mass is 151 g/mol. The second-order valence-electron chi connectivity index (χ2n) is 3.15. The molecule has 2 heteroatoms. The van der Waals surface area contributed by atoms with Crippen molar-refractivity contribution in [3.05, 3.63) is 12.7 Å². The first kappa shape index (κ1) is 8.29. The molecule has 0 amide bonds. The summed E-state index contributed by atoms with van der Waals surface area (Å²) in [5.41, 5.74) is -1.06. The van der Waals surface area contributed by atoms with Crippen LogP contribution in [0.2, 0.25) is 0 Å². The molecule has 0 bridgehead atoms. The Balaban J connectivity index is 2.65. The molecule has 1 N–H and O–H groups in total. The third kappa shape index (κ3) is 1.44. The predicted molar refractivity (Wildman–Crippen MR) is 42.7 cm³/mol. The summed E-state index contributed by atoms with van der Waals surface area (Å²) in [6.07, 6.45) is 5.07. The van der Waals surface area contributed by atoms with Crippen molar-refractivity contribution < 1.29 is 5.11 Å². The average molecular weight is 151 g/mol. The van der Waals surface area contributed by atoms with Crippen LogP contribution in [-0.2, 0) is 0 Å². The number of nitrogens with zero attached hydrogens (tertiary/aromatic N) is 1. The van der Waals surface area contributed by atoms with Gasteiger partial charge < -0.3 is 5.11 Å². The van der Waals surface area contributed by atoms with E-state index in [1.165, 1.54) is 0 Å². The zero-order valence-electron chi connectivity index (χ0n) is 6.58. The van der Waals surface area contributed by atoms with Gasteiger partial charge >= 0.3 is 0 Å². The summed E-state index contributed by atoms with van der Waals surface area (Å²) in [6, 6.07) is 1.98. The van der Waals surface area contributed by atoms with Gasteiger partial charge in [0.15, 0.2) is 5.60 Å². The highest BCUT2D eigenvalue weighted by atomic mass is 16.3. The number of hydrogen-bond acceptors (Lipinski definition) is 2. The Labute approximate surface area is 67.2 Å². The molecule has 0 heterocycles. The fraction of sp³-hybridized carbons (Fsp3) is 0.667. The Bertz CT molecular complexity index is 194. The van der Waals surface area contributed by atoms with Gasteiger partial charge in [0.1, 0.15) is 0 Å². The van der Waals surface area contributed by atoms with Gasteiger partial charge in [0.25, 0.3) is 0 Å². The minimum atomic E-state index is -1.06. The molecule has 11 heavy (non-hydrogen) atoms. The normalized spacial score (nSPS) is 36.5. The van der Waals surface area contributed by atoms with Crippen molar-refractivity contribution in [2.24, 2.45) is 5.92 Å². The van der Waals surface area contributed by atoms with Crippen molar-refractivity contribution in [2.75, 3.05) is 0 Å². The van der Waals surface area contributed by atoms with E-state index in [0.717, 1.165) is 19.3 Å². The quantitative estimate of drug-likeness (QED) is 0.481. The van der Waals surface area contributed by atoms with E-state index >= 15 is 0 Å². The molecule has 0 unspecified atom stereocenters. The summed E-state index contributed by atoms with van der Waals surface area (Å²) in [6.45, 7) is 3.60. The summed E-state index contributed by atoms with van der Waals surface area (Å²) in [5.74, 6) is 0.116. The first-order valence-corrected chi connectivity index (χ1v) is 3.97. The lowest BCUT2D eigenvalue weighted by molar-refractivity contribution is 0.0600. The zero-order chi connectivity index (χ0) is 8.32. The Hall–Kier alpha value is -0.810. The summed E-state index contributed by atoms with van der Waals surface area (Å²) in [5, 5.41) is 18.4. The van der Waals surface area contributed by atoms with E-state index in [2.05, 4.69) is 6.58 Å². The highest BCUT2D eigenvalue weighted by Gasteiger charge is 2.40. The molecule has 0 aromatic carbocycles. The van der Waals surface area contributed by atoms with Crippen LogP contribution in [0.1, 0.15) is 25.7 Å². The summed E-state index contributed by atoms with van der Waals surface area (Å²) in [4.78, 5) is 0. The van der Waals surface area contributed by atoms with E-state index in [9.17, 15) is 5.11 Å². The van der Waals surface area contributed by atoms with Gasteiger partial charge in [-0.15, -0.1) is 6.58 Å². The topological polar surface area (TPSA) is 44.0 Å². The maximum Gasteiger partial charge on any atom is 0.154 e. The van der Waals surface area contributed by atoms with E-state index in [-0.39, 0.29) is 5.92 Å². The fourth-order valence-corrected chi connectivity index (χ4v) is 1.72.